The summed E-state index contributed by atoms with van der Waals surface area (Å²) in [4.78, 5) is 60.7. The number of amides is 3. The molecular weight excluding hydrogens is 1300 g/mol. The highest BCUT2D eigenvalue weighted by atomic mass is 35.5. The Morgan fingerprint density at radius 3 is 1.30 bits per heavy atom. The number of carbonyl (C=O) groups is 3. The lowest BCUT2D eigenvalue weighted by atomic mass is 10.0. The fraction of sp³-hybridized carbons (Fsp3) is 0.261. The number of nitrogen functional groups attached to an aromatic ring is 1. The molecule has 6 aromatic carbocycles. The van der Waals surface area contributed by atoms with E-state index < -0.39 is 31.7 Å². The first-order valence-corrected chi connectivity index (χ1v) is 34.0. The number of para-hydroxylation sites is 2. The number of ether oxygens (including phenoxy) is 1. The molecule has 6 heterocycles. The molecule has 3 amide bonds. The molecule has 0 atom stereocenters. The fourth-order valence-electron chi connectivity index (χ4n) is 11.7. The number of piperidine rings is 2. The third kappa shape index (κ3) is 14.5. The molecule has 488 valence electrons. The van der Waals surface area contributed by atoms with Crippen LogP contribution in [0.4, 0.5) is 28.1 Å². The number of hydrogen-bond acceptors (Lipinski definition) is 15. The summed E-state index contributed by atoms with van der Waals surface area (Å²) in [6, 6.07) is 41.9. The van der Waals surface area contributed by atoms with Crippen LogP contribution in [0, 0.1) is 27.7 Å². The maximum absolute atomic E-state index is 13.9. The predicted molar refractivity (Wildman–Crippen MR) is 372 cm³/mol. The van der Waals surface area contributed by atoms with E-state index in [0.29, 0.717) is 134 Å². The maximum Gasteiger partial charge on any atom is 0.412 e. The van der Waals surface area contributed by atoms with Gasteiger partial charge in [-0.15, -0.1) is 12.4 Å². The molecule has 0 spiro atoms. The van der Waals surface area contributed by atoms with Crippen molar-refractivity contribution in [1.82, 2.24) is 37.7 Å². The molecule has 0 unspecified atom stereocenters. The number of hydrogen-bond donors (Lipinski definition) is 4. The Morgan fingerprint density at radius 2 is 0.915 bits per heavy atom. The van der Waals surface area contributed by atoms with E-state index >= 15 is 0 Å². The summed E-state index contributed by atoms with van der Waals surface area (Å²) < 4.78 is 63.6. The Labute approximate surface area is 562 Å². The summed E-state index contributed by atoms with van der Waals surface area (Å²) in [6.07, 6.45) is 5.26. The van der Waals surface area contributed by atoms with E-state index in [0.717, 1.165) is 29.4 Å². The predicted octanol–water partition coefficient (Wildman–Crippen LogP) is 14.0. The van der Waals surface area contributed by atoms with Gasteiger partial charge >= 0.3 is 6.09 Å². The van der Waals surface area contributed by atoms with Crippen molar-refractivity contribution in [3.05, 3.63) is 202 Å². The van der Waals surface area contributed by atoms with Gasteiger partial charge in [0.15, 0.2) is 0 Å². The number of benzene rings is 6. The molecule has 0 aliphatic carbocycles. The molecule has 0 radical (unpaired) electrons. The van der Waals surface area contributed by atoms with Crippen molar-refractivity contribution in [3.8, 4) is 22.5 Å². The van der Waals surface area contributed by atoms with Gasteiger partial charge in [-0.1, -0.05) is 95.0 Å². The molecule has 2 saturated heterocycles. The molecule has 5 N–H and O–H groups in total. The van der Waals surface area contributed by atoms with Crippen LogP contribution in [0.1, 0.15) is 89.7 Å². The third-order valence-corrected chi connectivity index (χ3v) is 20.6. The summed E-state index contributed by atoms with van der Waals surface area (Å²) in [5.41, 5.74) is 13.5. The molecule has 94 heavy (non-hydrogen) atoms. The van der Waals surface area contributed by atoms with Crippen LogP contribution >= 0.6 is 35.6 Å². The van der Waals surface area contributed by atoms with Crippen LogP contribution in [0.25, 0.3) is 44.3 Å². The molecule has 2 aliphatic heterocycles. The van der Waals surface area contributed by atoms with Gasteiger partial charge in [0.1, 0.15) is 5.60 Å². The van der Waals surface area contributed by atoms with Gasteiger partial charge in [-0.25, -0.2) is 49.5 Å². The first-order chi connectivity index (χ1) is 44.3. The van der Waals surface area contributed by atoms with Crippen molar-refractivity contribution in [2.75, 3.05) is 47.9 Å². The summed E-state index contributed by atoms with van der Waals surface area (Å²) in [5, 5.41) is 11.5. The topological polar surface area (TPSA) is 259 Å². The number of likely N-dealkylation sites (tertiary alicyclic amines) is 2. The van der Waals surface area contributed by atoms with Crippen LogP contribution in [0.15, 0.2) is 168 Å². The summed E-state index contributed by atoms with van der Waals surface area (Å²) in [7, 11) is -7.84. The minimum atomic E-state index is -3.93. The Balaban J connectivity index is 0.000000205. The lowest BCUT2D eigenvalue weighted by Gasteiger charge is -2.32. The van der Waals surface area contributed by atoms with E-state index in [1.165, 1.54) is 20.3 Å². The summed E-state index contributed by atoms with van der Waals surface area (Å²) in [6.45, 7) is 14.9. The first kappa shape index (κ1) is 67.8. The van der Waals surface area contributed by atoms with Crippen molar-refractivity contribution in [2.24, 2.45) is 0 Å². The van der Waals surface area contributed by atoms with E-state index in [2.05, 4.69) is 25.9 Å². The first-order valence-electron chi connectivity index (χ1n) is 30.3. The molecule has 2 aliphatic rings. The van der Waals surface area contributed by atoms with Gasteiger partial charge in [0.05, 0.1) is 54.7 Å². The minimum absolute atomic E-state index is 0. The van der Waals surface area contributed by atoms with E-state index in [4.69, 9.17) is 43.6 Å². The van der Waals surface area contributed by atoms with Crippen LogP contribution < -0.4 is 21.7 Å². The highest BCUT2D eigenvalue weighted by molar-refractivity contribution is 7.90. The molecule has 12 rings (SSSR count). The molecule has 0 saturated carbocycles. The highest BCUT2D eigenvalue weighted by Gasteiger charge is 2.32. The van der Waals surface area contributed by atoms with Crippen LogP contribution in [-0.4, -0.2) is 116 Å². The summed E-state index contributed by atoms with van der Waals surface area (Å²) >= 11 is 13.4. The molecule has 0 bridgehead atoms. The minimum Gasteiger partial charge on any atom is -0.444 e. The van der Waals surface area contributed by atoms with E-state index in [-0.39, 0.29) is 46.1 Å². The van der Waals surface area contributed by atoms with Crippen molar-refractivity contribution in [1.29, 1.82) is 0 Å². The number of nitrogens with one attached hydrogen (secondary N) is 3. The molecule has 10 aromatic rings. The van der Waals surface area contributed by atoms with Crippen molar-refractivity contribution >= 4 is 119 Å². The van der Waals surface area contributed by atoms with Gasteiger partial charge in [0.25, 0.3) is 31.9 Å². The SMILES string of the molecule is Cc1ccc(S(=O)(=O)n2c(C)c(-c3nc(NC4CCN(C(=O)c5ccc(N)cc5)CC4)ncc3Cl)c3ccccc32)cc1.Cc1ccc(S(=O)(=O)n2c(C)c(-c3nc(NC4CCN(C(=O)c5ccc(NC(=O)OC(C)(C)C)cc5)CC4)ncc3Cl)c3ccccc32)cc1.Cl. The molecule has 2 fully saturated rings. The zero-order valence-corrected chi connectivity index (χ0v) is 56.7. The second kappa shape index (κ2) is 27.9. The average Bonchev–Trinajstić information content (AvgIpc) is 1.59. The van der Waals surface area contributed by atoms with Gasteiger partial charge in [-0.2, -0.15) is 0 Å². The standard InChI is InChI=1S/C37H39ClN6O5S.C32H31ClN6O3S.ClH/c1-23-10-16-28(17-11-23)50(47,48)44-24(2)32(29-8-6-7-9-31(29)44)33-30(38)22-39-35(42-33)40-27-18-20-43(21-19-27)34(45)25-12-14-26(15-13-25)41-36(46)49-37(3,4)5;1-20-7-13-25(14-8-20)43(41,42)39-21(2)29(26-5-3-4-6-28(26)39)30-27(33)19-35-32(37-30)36-24-15-17-38(18-16-24)31(40)22-9-11-23(34)12-10-22;/h6-17,22,27H,18-21H2,1-5H3,(H,41,46)(H,39,40,42);3-14,19,24H,15-18,34H2,1-2H3,(H,35,36,37);1H. The number of anilines is 4. The number of fused-ring (bicyclic) bond motifs is 2. The van der Waals surface area contributed by atoms with Gasteiger partial charge < -0.3 is 30.9 Å². The van der Waals surface area contributed by atoms with E-state index in [1.54, 1.807) is 155 Å². The number of aromatic nitrogens is 6. The number of carbonyl (C=O) groups excluding carboxylic acids is 3. The van der Waals surface area contributed by atoms with Gasteiger partial charge in [-0.05, 0) is 159 Å². The zero-order valence-electron chi connectivity index (χ0n) is 52.7. The third-order valence-electron chi connectivity index (χ3n) is 16.4. The number of halogens is 3. The van der Waals surface area contributed by atoms with Crippen molar-refractivity contribution < 1.29 is 36.0 Å². The van der Waals surface area contributed by atoms with Crippen LogP contribution in [0.5, 0.6) is 0 Å². The molecule has 20 nitrogen and oxygen atoms in total. The molecular formula is C69H71Cl3N12O8S2. The smallest absolute Gasteiger partial charge is 0.412 e. The van der Waals surface area contributed by atoms with Crippen LogP contribution in [0.3, 0.4) is 0 Å². The second-order valence-corrected chi connectivity index (χ2v) is 28.5. The van der Waals surface area contributed by atoms with Crippen LogP contribution in [-0.2, 0) is 24.8 Å². The maximum atomic E-state index is 13.9. The fourth-order valence-corrected chi connectivity index (χ4v) is 15.2. The highest BCUT2D eigenvalue weighted by Crippen LogP contribution is 2.41. The number of nitrogens with zero attached hydrogens (tertiary/aromatic N) is 8. The van der Waals surface area contributed by atoms with Gasteiger partial charge in [-0.3, -0.25) is 14.9 Å². The second-order valence-electron chi connectivity index (χ2n) is 24.1. The Morgan fingerprint density at radius 1 is 0.543 bits per heavy atom. The van der Waals surface area contributed by atoms with Gasteiger partial charge in [0.2, 0.25) is 11.9 Å². The van der Waals surface area contributed by atoms with Crippen LogP contribution in [0.2, 0.25) is 10.0 Å². The zero-order chi connectivity index (χ0) is 66.1. The van der Waals surface area contributed by atoms with Gasteiger partial charge in [0, 0.05) is 94.1 Å². The van der Waals surface area contributed by atoms with E-state index in [1.807, 2.05) is 49.1 Å². The van der Waals surface area contributed by atoms with E-state index in [9.17, 15) is 31.2 Å². The normalized spacial score (nSPS) is 14.0. The monoisotopic (exact) mass is 1360 g/mol. The quantitative estimate of drug-likeness (QED) is 0.0783. The lowest BCUT2D eigenvalue weighted by Crippen LogP contribution is -2.42. The Hall–Kier alpha value is -9.06. The number of aryl methyl sites for hydroxylation is 2. The molecule has 4 aromatic heterocycles. The largest absolute Gasteiger partial charge is 0.444 e. The lowest BCUT2D eigenvalue weighted by molar-refractivity contribution is 0.0634. The van der Waals surface area contributed by atoms with Crippen molar-refractivity contribution in [2.45, 2.75) is 102 Å². The number of nitrogens with two attached hydrogens (primary N) is 1. The molecule has 25 heteroatoms. The Kier molecular flexibility index (Phi) is 20.1. The average molecular weight is 1370 g/mol. The summed E-state index contributed by atoms with van der Waals surface area (Å²) in [5.74, 6) is 0.640. The van der Waals surface area contributed by atoms with Crippen molar-refractivity contribution in [3.63, 3.8) is 0 Å². The Bertz CT molecular complexity index is 4700. The number of rotatable bonds is 13.